The zero-order valence-electron chi connectivity index (χ0n) is 11.6. The molecule has 6 nitrogen and oxygen atoms in total. The van der Waals surface area contributed by atoms with Gasteiger partial charge in [-0.25, -0.2) is 0 Å². The number of benzene rings is 1. The summed E-state index contributed by atoms with van der Waals surface area (Å²) < 4.78 is 0. The molecule has 0 spiro atoms. The molecule has 0 aliphatic heterocycles. The van der Waals surface area contributed by atoms with Crippen molar-refractivity contribution in [1.29, 1.82) is 0 Å². The smallest absolute Gasteiger partial charge is 0.256 e. The standard InChI is InChI=1S/C14H18N4O2/c1-3-18(8-13(19)16-2)14(20)11-7-17-12-5-4-9(15)6-10(11)12/h4-7,17H,3,8,15H2,1-2H3,(H,16,19). The molecule has 0 aliphatic rings. The van der Waals surface area contributed by atoms with E-state index < -0.39 is 0 Å². The van der Waals surface area contributed by atoms with Crippen LogP contribution in [0.3, 0.4) is 0 Å². The van der Waals surface area contributed by atoms with Gasteiger partial charge in [-0.2, -0.15) is 0 Å². The molecular weight excluding hydrogens is 256 g/mol. The Hall–Kier alpha value is -2.50. The third kappa shape index (κ3) is 2.59. The predicted molar refractivity (Wildman–Crippen MR) is 78.4 cm³/mol. The summed E-state index contributed by atoms with van der Waals surface area (Å²) >= 11 is 0. The van der Waals surface area contributed by atoms with Crippen molar-refractivity contribution < 1.29 is 9.59 Å². The maximum atomic E-state index is 12.5. The number of rotatable bonds is 4. The fraction of sp³-hybridized carbons (Fsp3) is 0.286. The summed E-state index contributed by atoms with van der Waals surface area (Å²) in [6.07, 6.45) is 1.65. The minimum Gasteiger partial charge on any atom is -0.399 e. The molecule has 0 fully saturated rings. The molecule has 1 heterocycles. The van der Waals surface area contributed by atoms with Crippen molar-refractivity contribution in [1.82, 2.24) is 15.2 Å². The Labute approximate surface area is 116 Å². The number of nitrogens with two attached hydrogens (primary N) is 1. The van der Waals surface area contributed by atoms with Gasteiger partial charge in [0.1, 0.15) is 0 Å². The summed E-state index contributed by atoms with van der Waals surface area (Å²) in [7, 11) is 1.55. The lowest BCUT2D eigenvalue weighted by atomic mass is 10.1. The van der Waals surface area contributed by atoms with E-state index in [0.29, 0.717) is 17.8 Å². The number of nitrogens with zero attached hydrogens (tertiary/aromatic N) is 1. The van der Waals surface area contributed by atoms with Gasteiger partial charge in [0.15, 0.2) is 0 Å². The molecule has 0 radical (unpaired) electrons. The van der Waals surface area contributed by atoms with E-state index in [-0.39, 0.29) is 18.4 Å². The maximum Gasteiger partial charge on any atom is 0.256 e. The number of carbonyl (C=O) groups excluding carboxylic acids is 2. The van der Waals surface area contributed by atoms with Crippen LogP contribution < -0.4 is 11.1 Å². The number of nitrogens with one attached hydrogen (secondary N) is 2. The molecule has 4 N–H and O–H groups in total. The zero-order valence-corrected chi connectivity index (χ0v) is 11.6. The van der Waals surface area contributed by atoms with Crippen molar-refractivity contribution in [2.45, 2.75) is 6.92 Å². The second-order valence-corrected chi connectivity index (χ2v) is 4.50. The Bertz CT molecular complexity index is 648. The monoisotopic (exact) mass is 274 g/mol. The number of carbonyl (C=O) groups is 2. The van der Waals surface area contributed by atoms with Gasteiger partial charge in [-0.05, 0) is 25.1 Å². The Kier molecular flexibility index (Phi) is 3.93. The summed E-state index contributed by atoms with van der Waals surface area (Å²) in [6, 6.07) is 5.36. The number of amides is 2. The molecule has 0 saturated heterocycles. The van der Waals surface area contributed by atoms with Gasteiger partial charge in [0.2, 0.25) is 5.91 Å². The zero-order chi connectivity index (χ0) is 14.7. The third-order valence-electron chi connectivity index (χ3n) is 3.22. The number of hydrogen-bond donors (Lipinski definition) is 3. The van der Waals surface area contributed by atoms with Crippen LogP contribution in [-0.4, -0.2) is 41.8 Å². The van der Waals surface area contributed by atoms with Crippen LogP contribution in [0.5, 0.6) is 0 Å². The summed E-state index contributed by atoms with van der Waals surface area (Å²) in [4.78, 5) is 28.5. The maximum absolute atomic E-state index is 12.5. The second-order valence-electron chi connectivity index (χ2n) is 4.50. The molecule has 2 amide bonds. The molecule has 0 aliphatic carbocycles. The van der Waals surface area contributed by atoms with Crippen molar-refractivity contribution in [3.05, 3.63) is 30.0 Å². The topological polar surface area (TPSA) is 91.2 Å². The number of aromatic nitrogens is 1. The number of hydrogen-bond acceptors (Lipinski definition) is 3. The van der Waals surface area contributed by atoms with Gasteiger partial charge in [-0.3, -0.25) is 9.59 Å². The van der Waals surface area contributed by atoms with Crippen molar-refractivity contribution >= 4 is 28.4 Å². The van der Waals surface area contributed by atoms with E-state index in [1.165, 1.54) is 4.90 Å². The highest BCUT2D eigenvalue weighted by molar-refractivity contribution is 6.08. The van der Waals surface area contributed by atoms with Gasteiger partial charge in [-0.1, -0.05) is 0 Å². The molecular formula is C14H18N4O2. The Morgan fingerprint density at radius 3 is 2.80 bits per heavy atom. The summed E-state index contributed by atoms with van der Waals surface area (Å²) in [6.45, 7) is 2.34. The molecule has 6 heteroatoms. The number of H-pyrrole nitrogens is 1. The average molecular weight is 274 g/mol. The van der Waals surface area contributed by atoms with Crippen LogP contribution in [-0.2, 0) is 4.79 Å². The van der Waals surface area contributed by atoms with Crippen LogP contribution >= 0.6 is 0 Å². The second kappa shape index (κ2) is 5.64. The third-order valence-corrected chi connectivity index (χ3v) is 3.22. The lowest BCUT2D eigenvalue weighted by Gasteiger charge is -2.19. The molecule has 1 aromatic carbocycles. The van der Waals surface area contributed by atoms with E-state index in [2.05, 4.69) is 10.3 Å². The van der Waals surface area contributed by atoms with Gasteiger partial charge in [-0.15, -0.1) is 0 Å². The minimum absolute atomic E-state index is 0.0425. The van der Waals surface area contributed by atoms with Crippen LogP contribution in [0.15, 0.2) is 24.4 Å². The quantitative estimate of drug-likeness (QED) is 0.725. The molecule has 106 valence electrons. The Morgan fingerprint density at radius 2 is 2.15 bits per heavy atom. The van der Waals surface area contributed by atoms with Crippen molar-refractivity contribution in [3.63, 3.8) is 0 Å². The van der Waals surface area contributed by atoms with Crippen molar-refractivity contribution in [2.24, 2.45) is 0 Å². The van der Waals surface area contributed by atoms with Gasteiger partial charge in [0, 0.05) is 36.4 Å². The fourth-order valence-electron chi connectivity index (χ4n) is 2.07. The van der Waals surface area contributed by atoms with Gasteiger partial charge in [0.05, 0.1) is 12.1 Å². The number of aromatic amines is 1. The first-order valence-electron chi connectivity index (χ1n) is 6.43. The van der Waals surface area contributed by atoms with E-state index in [0.717, 1.165) is 10.9 Å². The first-order chi connectivity index (χ1) is 9.56. The highest BCUT2D eigenvalue weighted by Crippen LogP contribution is 2.22. The predicted octanol–water partition coefficient (Wildman–Crippen LogP) is 0.958. The van der Waals surface area contributed by atoms with E-state index in [9.17, 15) is 9.59 Å². The normalized spacial score (nSPS) is 10.5. The molecule has 2 rings (SSSR count). The van der Waals surface area contributed by atoms with Crippen LogP contribution in [0.25, 0.3) is 10.9 Å². The fourth-order valence-corrected chi connectivity index (χ4v) is 2.07. The van der Waals surface area contributed by atoms with E-state index in [1.54, 1.807) is 25.4 Å². The molecule has 0 bridgehead atoms. The first-order valence-corrected chi connectivity index (χ1v) is 6.43. The van der Waals surface area contributed by atoms with Gasteiger partial charge < -0.3 is 20.9 Å². The van der Waals surface area contributed by atoms with Crippen molar-refractivity contribution in [2.75, 3.05) is 25.9 Å². The van der Waals surface area contributed by atoms with Crippen LogP contribution in [0.1, 0.15) is 17.3 Å². The lowest BCUT2D eigenvalue weighted by Crippen LogP contribution is -2.39. The molecule has 0 saturated carbocycles. The Morgan fingerprint density at radius 1 is 1.40 bits per heavy atom. The highest BCUT2D eigenvalue weighted by atomic mass is 16.2. The van der Waals surface area contributed by atoms with E-state index >= 15 is 0 Å². The summed E-state index contributed by atoms with van der Waals surface area (Å²) in [5, 5.41) is 3.28. The van der Waals surface area contributed by atoms with E-state index in [4.69, 9.17) is 5.73 Å². The lowest BCUT2D eigenvalue weighted by molar-refractivity contribution is -0.121. The number of anilines is 1. The summed E-state index contributed by atoms with van der Waals surface area (Å²) in [5.41, 5.74) is 7.73. The number of fused-ring (bicyclic) bond motifs is 1. The largest absolute Gasteiger partial charge is 0.399 e. The molecule has 1 aromatic heterocycles. The van der Waals surface area contributed by atoms with Crippen LogP contribution in [0.2, 0.25) is 0 Å². The minimum atomic E-state index is -0.195. The highest BCUT2D eigenvalue weighted by Gasteiger charge is 2.19. The first kappa shape index (κ1) is 13.9. The average Bonchev–Trinajstić information content (AvgIpc) is 2.86. The molecule has 2 aromatic rings. The molecule has 0 atom stereocenters. The van der Waals surface area contributed by atoms with E-state index in [1.807, 2.05) is 13.0 Å². The molecule has 20 heavy (non-hydrogen) atoms. The van der Waals surface area contributed by atoms with Crippen LogP contribution in [0.4, 0.5) is 5.69 Å². The van der Waals surface area contributed by atoms with Gasteiger partial charge >= 0.3 is 0 Å². The number of likely N-dealkylation sites (N-methyl/N-ethyl adjacent to an activating group) is 2. The SMILES string of the molecule is CCN(CC(=O)NC)C(=O)c1c[nH]c2ccc(N)cc12. The van der Waals surface area contributed by atoms with Gasteiger partial charge in [0.25, 0.3) is 5.91 Å². The van der Waals surface area contributed by atoms with Crippen LogP contribution in [0, 0.1) is 0 Å². The van der Waals surface area contributed by atoms with Crippen molar-refractivity contribution in [3.8, 4) is 0 Å². The number of nitrogen functional groups attached to an aromatic ring is 1. The Balaban J connectivity index is 2.34. The molecule has 0 unspecified atom stereocenters. The summed E-state index contributed by atoms with van der Waals surface area (Å²) in [5.74, 6) is -0.382.